The smallest absolute Gasteiger partial charge is 0.213 e. The van der Waals surface area contributed by atoms with Crippen LogP contribution in [0, 0.1) is 5.92 Å². The predicted octanol–water partition coefficient (Wildman–Crippen LogP) is 4.00. The van der Waals surface area contributed by atoms with Crippen LogP contribution in [-0.4, -0.2) is 59.8 Å². The minimum atomic E-state index is -1.21. The minimum Gasteiger partial charge on any atom is -0.507 e. The number of anilines is 1. The van der Waals surface area contributed by atoms with E-state index in [0.29, 0.717) is 29.3 Å². The van der Waals surface area contributed by atoms with E-state index in [0.717, 1.165) is 30.5 Å². The lowest BCUT2D eigenvalue weighted by Crippen LogP contribution is -2.40. The van der Waals surface area contributed by atoms with Crippen molar-refractivity contribution in [1.82, 2.24) is 35.4 Å². The molecule has 2 aromatic heterocycles. The topological polar surface area (TPSA) is 106 Å². The fourth-order valence-corrected chi connectivity index (χ4v) is 4.47. The number of rotatable bonds is 6. The average molecular weight is 523 g/mol. The Morgan fingerprint density at radius 2 is 1.97 bits per heavy atom. The molecule has 9 nitrogen and oxygen atoms in total. The molecule has 13 heteroatoms. The Morgan fingerprint density at radius 3 is 2.59 bits per heavy atom. The van der Waals surface area contributed by atoms with Crippen LogP contribution in [0.25, 0.3) is 22.8 Å². The molecule has 1 aliphatic carbocycles. The van der Waals surface area contributed by atoms with Gasteiger partial charge in [-0.05, 0) is 36.1 Å². The van der Waals surface area contributed by atoms with E-state index in [1.165, 1.54) is 6.07 Å². The quantitative estimate of drug-likeness (QED) is 0.219. The molecule has 182 valence electrons. The molecule has 1 aromatic carbocycles. The molecule has 0 amide bonds. The summed E-state index contributed by atoms with van der Waals surface area (Å²) in [6.45, 7) is 2.15. The zero-order chi connectivity index (χ0) is 24.5. The van der Waals surface area contributed by atoms with Crippen molar-refractivity contribution in [2.45, 2.75) is 54.8 Å². The van der Waals surface area contributed by atoms with Crippen LogP contribution >= 0.6 is 37.9 Å². The lowest BCUT2D eigenvalue weighted by atomic mass is 9.94. The van der Waals surface area contributed by atoms with E-state index in [4.69, 9.17) is 0 Å². The summed E-state index contributed by atoms with van der Waals surface area (Å²) in [7, 11) is 1.84. The second-order valence-electron chi connectivity index (χ2n) is 8.51. The van der Waals surface area contributed by atoms with Crippen LogP contribution < -0.4 is 4.90 Å². The third-order valence-corrected chi connectivity index (χ3v) is 6.79. The second-order valence-corrected chi connectivity index (χ2v) is 11.5. The highest BCUT2D eigenvalue weighted by atomic mass is 32.2. The molecule has 1 fully saturated rings. The molecule has 0 saturated heterocycles. The van der Waals surface area contributed by atoms with Gasteiger partial charge in [0.05, 0.1) is 17.8 Å². The molecular weight excluding hydrogens is 495 g/mol. The first-order valence-electron chi connectivity index (χ1n) is 11.0. The Labute approximate surface area is 213 Å². The number of tetrazole rings is 1. The highest BCUT2D eigenvalue weighted by molar-refractivity contribution is 8.15. The summed E-state index contributed by atoms with van der Waals surface area (Å²) in [5, 5.41) is 31.0. The van der Waals surface area contributed by atoms with E-state index in [2.05, 4.69) is 75.4 Å². The summed E-state index contributed by atoms with van der Waals surface area (Å²) >= 11 is 12.5. The molecule has 0 spiro atoms. The number of alkyl halides is 1. The standard InChI is InChI=1S/C21H27FN8OS3/c1-3-12-5-4-6-15(22)16(9-12)29(2)18-11-23-20(25-24-18)14-8-7-13(10-17(14)31)19-26-28-30(27-19)21(32,33)34/h7-8,10-12,15-16,31-34H,3-6,9H2,1-2H3/t12-,15+,16-/m1/s1. The van der Waals surface area contributed by atoms with E-state index in [1.807, 2.05) is 11.9 Å². The third-order valence-electron chi connectivity index (χ3n) is 6.25. The van der Waals surface area contributed by atoms with Crippen LogP contribution in [-0.2, 0) is 3.54 Å². The summed E-state index contributed by atoms with van der Waals surface area (Å²) in [6, 6.07) is 4.59. The number of phenolic OH excluding ortho intramolecular Hbond substituents is 1. The van der Waals surface area contributed by atoms with Gasteiger partial charge in [-0.2, -0.15) is 0 Å². The fraction of sp³-hybridized carbons (Fsp3) is 0.524. The number of aromatic hydroxyl groups is 1. The summed E-state index contributed by atoms with van der Waals surface area (Å²) in [4.78, 5) is 7.34. The van der Waals surface area contributed by atoms with Crippen molar-refractivity contribution in [3.63, 3.8) is 0 Å². The molecule has 0 aliphatic heterocycles. The first-order valence-corrected chi connectivity index (χ1v) is 12.4. The van der Waals surface area contributed by atoms with E-state index >= 15 is 0 Å². The van der Waals surface area contributed by atoms with E-state index in [1.54, 1.807) is 18.3 Å². The number of thiol groups is 3. The zero-order valence-corrected chi connectivity index (χ0v) is 21.5. The SMILES string of the molecule is CC[C@@H]1CCC[C@H](F)[C@H](N(C)c2cnc(-c3ccc(-c4nnn(C(S)(S)S)n4)cc3O)nn2)C1. The van der Waals surface area contributed by atoms with Crippen LogP contribution in [0.3, 0.4) is 0 Å². The molecule has 3 atom stereocenters. The van der Waals surface area contributed by atoms with E-state index < -0.39 is 9.71 Å². The van der Waals surface area contributed by atoms with Gasteiger partial charge < -0.3 is 10.0 Å². The molecule has 0 bridgehead atoms. The van der Waals surface area contributed by atoms with E-state index in [-0.39, 0.29) is 23.4 Å². The van der Waals surface area contributed by atoms with Gasteiger partial charge >= 0.3 is 0 Å². The van der Waals surface area contributed by atoms with Crippen LogP contribution in [0.15, 0.2) is 24.4 Å². The highest BCUT2D eigenvalue weighted by Crippen LogP contribution is 2.34. The van der Waals surface area contributed by atoms with Gasteiger partial charge in [0.15, 0.2) is 11.6 Å². The number of benzene rings is 1. The van der Waals surface area contributed by atoms with Gasteiger partial charge in [-0.3, -0.25) is 0 Å². The number of hydrogen-bond acceptors (Lipinski definition) is 11. The van der Waals surface area contributed by atoms with E-state index in [9.17, 15) is 9.50 Å². The van der Waals surface area contributed by atoms with Crippen molar-refractivity contribution >= 4 is 43.7 Å². The second kappa shape index (κ2) is 10.2. The minimum absolute atomic E-state index is 0.0657. The van der Waals surface area contributed by atoms with Gasteiger partial charge in [-0.25, -0.2) is 9.37 Å². The molecular formula is C21H27FN8OS3. The van der Waals surface area contributed by atoms with Gasteiger partial charge in [-0.1, -0.05) is 32.3 Å². The van der Waals surface area contributed by atoms with Crippen LogP contribution in [0.1, 0.15) is 39.0 Å². The molecule has 34 heavy (non-hydrogen) atoms. The molecule has 0 unspecified atom stereocenters. The van der Waals surface area contributed by atoms with Gasteiger partial charge in [0.2, 0.25) is 9.36 Å². The van der Waals surface area contributed by atoms with Crippen LogP contribution in [0.4, 0.5) is 10.2 Å². The Kier molecular flexibility index (Phi) is 7.53. The number of phenols is 1. The largest absolute Gasteiger partial charge is 0.507 e. The summed E-state index contributed by atoms with van der Waals surface area (Å²) in [6.07, 6.45) is 5.00. The molecule has 1 N–H and O–H groups in total. The lowest BCUT2D eigenvalue weighted by molar-refractivity contribution is 0.253. The van der Waals surface area contributed by atoms with Gasteiger partial charge in [0.25, 0.3) is 0 Å². The summed E-state index contributed by atoms with van der Waals surface area (Å²) < 4.78 is 13.6. The van der Waals surface area contributed by atoms with Crippen molar-refractivity contribution in [2.75, 3.05) is 11.9 Å². The maximum absolute atomic E-state index is 14.8. The van der Waals surface area contributed by atoms with Crippen LogP contribution in [0.2, 0.25) is 0 Å². The van der Waals surface area contributed by atoms with Crippen molar-refractivity contribution in [3.8, 4) is 28.5 Å². The Balaban J connectivity index is 1.53. The molecule has 2 heterocycles. The maximum Gasteiger partial charge on any atom is 0.213 e. The Morgan fingerprint density at radius 1 is 1.18 bits per heavy atom. The first kappa shape index (κ1) is 25.0. The number of aromatic nitrogens is 7. The lowest BCUT2D eigenvalue weighted by Gasteiger charge is -2.31. The van der Waals surface area contributed by atoms with Gasteiger partial charge in [0.1, 0.15) is 11.9 Å². The van der Waals surface area contributed by atoms with Crippen molar-refractivity contribution in [2.24, 2.45) is 5.92 Å². The Bertz CT molecular complexity index is 1120. The fourth-order valence-electron chi connectivity index (χ4n) is 4.21. The molecule has 3 aromatic rings. The highest BCUT2D eigenvalue weighted by Gasteiger charge is 2.31. The zero-order valence-electron chi connectivity index (χ0n) is 18.8. The van der Waals surface area contributed by atoms with Crippen LogP contribution in [0.5, 0.6) is 5.75 Å². The third kappa shape index (κ3) is 5.41. The first-order chi connectivity index (χ1) is 16.2. The molecule has 1 aliphatic rings. The van der Waals surface area contributed by atoms with Crippen molar-refractivity contribution in [1.29, 1.82) is 0 Å². The average Bonchev–Trinajstić information content (AvgIpc) is 3.24. The monoisotopic (exact) mass is 522 g/mol. The number of hydrogen-bond donors (Lipinski definition) is 4. The normalized spacial score (nSPS) is 21.3. The number of nitrogens with zero attached hydrogens (tertiary/aromatic N) is 8. The predicted molar refractivity (Wildman–Crippen MR) is 138 cm³/mol. The number of halogens is 1. The van der Waals surface area contributed by atoms with Gasteiger partial charge in [0, 0.05) is 12.6 Å². The molecule has 0 radical (unpaired) electrons. The van der Waals surface area contributed by atoms with Crippen molar-refractivity contribution in [3.05, 3.63) is 24.4 Å². The Hall–Kier alpha value is -2.12. The maximum atomic E-state index is 14.8. The summed E-state index contributed by atoms with van der Waals surface area (Å²) in [5.41, 5.74) is 0.928. The van der Waals surface area contributed by atoms with Crippen molar-refractivity contribution < 1.29 is 9.50 Å². The van der Waals surface area contributed by atoms with Gasteiger partial charge in [-0.15, -0.1) is 63.1 Å². The molecule has 4 rings (SSSR count). The molecule has 1 saturated carbocycles. The summed E-state index contributed by atoms with van der Waals surface area (Å²) in [5.74, 6) is 1.46.